The van der Waals surface area contributed by atoms with Crippen molar-refractivity contribution in [3.63, 3.8) is 0 Å². The summed E-state index contributed by atoms with van der Waals surface area (Å²) in [4.78, 5) is 14.8. The molecule has 0 bridgehead atoms. The average molecular weight is 293 g/mol. The Morgan fingerprint density at radius 1 is 1.29 bits per heavy atom. The SMILES string of the molecule is CC[N+](C)(C)C1CCCN(c2c(C)cc(F)cc2C)C1=O. The van der Waals surface area contributed by atoms with E-state index in [2.05, 4.69) is 21.0 Å². The van der Waals surface area contributed by atoms with Gasteiger partial charge in [0.25, 0.3) is 5.91 Å². The van der Waals surface area contributed by atoms with Crippen LogP contribution in [0.15, 0.2) is 12.1 Å². The Balaban J connectivity index is 2.39. The van der Waals surface area contributed by atoms with Crippen LogP contribution in [0.5, 0.6) is 0 Å². The number of hydrogen-bond acceptors (Lipinski definition) is 1. The smallest absolute Gasteiger partial charge is 0.285 e. The van der Waals surface area contributed by atoms with Crippen molar-refractivity contribution in [1.29, 1.82) is 0 Å². The zero-order valence-electron chi connectivity index (χ0n) is 13.7. The molecule has 1 heterocycles. The summed E-state index contributed by atoms with van der Waals surface area (Å²) in [7, 11) is 4.22. The number of rotatable bonds is 3. The standard InChI is InChI=1S/C17H26FN2O/c1-6-20(4,5)15-8-7-9-19(17(15)21)16-12(2)10-14(18)11-13(16)3/h10-11,15H,6-9H2,1-5H3/q+1. The number of carbonyl (C=O) groups is 1. The van der Waals surface area contributed by atoms with Gasteiger partial charge in [-0.05, 0) is 50.5 Å². The molecule has 21 heavy (non-hydrogen) atoms. The highest BCUT2D eigenvalue weighted by Crippen LogP contribution is 2.31. The molecule has 2 rings (SSSR count). The van der Waals surface area contributed by atoms with Crippen LogP contribution in [0.1, 0.15) is 30.9 Å². The van der Waals surface area contributed by atoms with Crippen molar-refractivity contribution in [3.05, 3.63) is 29.1 Å². The lowest BCUT2D eigenvalue weighted by Crippen LogP contribution is -2.59. The molecule has 0 aromatic heterocycles. The van der Waals surface area contributed by atoms with Crippen LogP contribution in [0, 0.1) is 19.7 Å². The maximum Gasteiger partial charge on any atom is 0.285 e. The lowest BCUT2D eigenvalue weighted by Gasteiger charge is -2.42. The second kappa shape index (κ2) is 5.76. The highest BCUT2D eigenvalue weighted by Gasteiger charge is 2.40. The Labute approximate surface area is 126 Å². The van der Waals surface area contributed by atoms with Crippen LogP contribution in [-0.4, -0.2) is 43.6 Å². The minimum Gasteiger partial charge on any atom is -0.318 e. The Kier molecular flexibility index (Phi) is 4.38. The lowest BCUT2D eigenvalue weighted by molar-refractivity contribution is -0.904. The van der Waals surface area contributed by atoms with Gasteiger partial charge in [-0.25, -0.2) is 4.39 Å². The Morgan fingerprint density at radius 3 is 2.38 bits per heavy atom. The number of anilines is 1. The first kappa shape index (κ1) is 16.0. The van der Waals surface area contributed by atoms with Gasteiger partial charge in [-0.2, -0.15) is 0 Å². The Bertz CT molecular complexity index is 531. The van der Waals surface area contributed by atoms with Crippen LogP contribution in [0.2, 0.25) is 0 Å². The predicted octanol–water partition coefficient (Wildman–Crippen LogP) is 3.03. The van der Waals surface area contributed by atoms with Gasteiger partial charge >= 0.3 is 0 Å². The maximum absolute atomic E-state index is 13.5. The van der Waals surface area contributed by atoms with Crippen molar-refractivity contribution in [2.75, 3.05) is 32.1 Å². The lowest BCUT2D eigenvalue weighted by atomic mass is 9.98. The fraction of sp³-hybridized carbons (Fsp3) is 0.588. The minimum atomic E-state index is -0.237. The maximum atomic E-state index is 13.5. The molecule has 1 amide bonds. The molecular weight excluding hydrogens is 267 g/mol. The van der Waals surface area contributed by atoms with Crippen molar-refractivity contribution in [1.82, 2.24) is 0 Å². The van der Waals surface area contributed by atoms with Crippen LogP contribution in [-0.2, 0) is 4.79 Å². The van der Waals surface area contributed by atoms with Gasteiger partial charge < -0.3 is 9.38 Å². The summed E-state index contributed by atoms with van der Waals surface area (Å²) < 4.78 is 14.2. The summed E-state index contributed by atoms with van der Waals surface area (Å²) in [5.74, 6) is -0.0645. The molecule has 0 radical (unpaired) electrons. The number of benzene rings is 1. The van der Waals surface area contributed by atoms with E-state index in [9.17, 15) is 9.18 Å². The number of nitrogens with zero attached hydrogens (tertiary/aromatic N) is 2. The van der Waals surface area contributed by atoms with E-state index in [1.807, 2.05) is 18.7 Å². The molecule has 1 aromatic rings. The van der Waals surface area contributed by atoms with Crippen LogP contribution >= 0.6 is 0 Å². The number of likely N-dealkylation sites (N-methyl/N-ethyl adjacent to an activating group) is 1. The first-order chi connectivity index (χ1) is 9.77. The molecule has 4 heteroatoms. The molecule has 1 aromatic carbocycles. The van der Waals surface area contributed by atoms with Gasteiger partial charge in [-0.1, -0.05) is 0 Å². The molecular formula is C17H26FN2O+. The molecule has 1 unspecified atom stereocenters. The number of quaternary nitrogens is 1. The van der Waals surface area contributed by atoms with Crippen LogP contribution in [0.3, 0.4) is 0 Å². The molecule has 0 N–H and O–H groups in total. The van der Waals surface area contributed by atoms with Crippen molar-refractivity contribution in [2.45, 2.75) is 39.7 Å². The molecule has 1 aliphatic heterocycles. The van der Waals surface area contributed by atoms with Gasteiger partial charge in [0.05, 0.1) is 20.6 Å². The highest BCUT2D eigenvalue weighted by atomic mass is 19.1. The summed E-state index contributed by atoms with van der Waals surface area (Å²) in [6.45, 7) is 7.52. The van der Waals surface area contributed by atoms with Crippen molar-refractivity contribution >= 4 is 11.6 Å². The first-order valence-corrected chi connectivity index (χ1v) is 7.68. The first-order valence-electron chi connectivity index (χ1n) is 7.68. The van der Waals surface area contributed by atoms with Gasteiger partial charge in [-0.3, -0.25) is 4.79 Å². The molecule has 116 valence electrons. The Morgan fingerprint density at radius 2 is 1.86 bits per heavy atom. The monoisotopic (exact) mass is 293 g/mol. The van der Waals surface area contributed by atoms with E-state index in [-0.39, 0.29) is 17.8 Å². The van der Waals surface area contributed by atoms with Gasteiger partial charge in [-0.15, -0.1) is 0 Å². The van der Waals surface area contributed by atoms with E-state index in [1.165, 1.54) is 12.1 Å². The molecule has 1 saturated heterocycles. The number of amides is 1. The van der Waals surface area contributed by atoms with Crippen molar-refractivity contribution < 1.29 is 13.7 Å². The van der Waals surface area contributed by atoms with Gasteiger partial charge in [0.2, 0.25) is 0 Å². The second-order valence-corrected chi connectivity index (χ2v) is 6.63. The van der Waals surface area contributed by atoms with Crippen LogP contribution in [0.25, 0.3) is 0 Å². The Hall–Kier alpha value is -1.42. The largest absolute Gasteiger partial charge is 0.318 e. The predicted molar refractivity (Wildman–Crippen MR) is 83.9 cm³/mol. The van der Waals surface area contributed by atoms with Crippen molar-refractivity contribution in [3.8, 4) is 0 Å². The third kappa shape index (κ3) is 2.95. The number of carbonyl (C=O) groups excluding carboxylic acids is 1. The number of halogens is 1. The number of aryl methyl sites for hydroxylation is 2. The molecule has 1 fully saturated rings. The van der Waals surface area contributed by atoms with Crippen molar-refractivity contribution in [2.24, 2.45) is 0 Å². The topological polar surface area (TPSA) is 20.3 Å². The highest BCUT2D eigenvalue weighted by molar-refractivity contribution is 5.98. The van der Waals surface area contributed by atoms with E-state index in [0.717, 1.165) is 42.7 Å². The summed E-state index contributed by atoms with van der Waals surface area (Å²) in [6, 6.07) is 3.02. The van der Waals surface area contributed by atoms with E-state index >= 15 is 0 Å². The fourth-order valence-electron chi connectivity index (χ4n) is 3.28. The molecule has 0 spiro atoms. The summed E-state index contributed by atoms with van der Waals surface area (Å²) in [5, 5.41) is 0. The number of hydrogen-bond donors (Lipinski definition) is 0. The third-order valence-corrected chi connectivity index (χ3v) is 4.79. The van der Waals surface area contributed by atoms with Gasteiger partial charge in [0.1, 0.15) is 5.82 Å². The molecule has 0 aliphatic carbocycles. The van der Waals surface area contributed by atoms with Gasteiger partial charge in [0, 0.05) is 18.7 Å². The number of piperidine rings is 1. The minimum absolute atomic E-state index is 0.00685. The molecule has 1 atom stereocenters. The van der Waals surface area contributed by atoms with E-state index in [4.69, 9.17) is 0 Å². The fourth-order valence-corrected chi connectivity index (χ4v) is 3.28. The third-order valence-electron chi connectivity index (χ3n) is 4.79. The zero-order valence-corrected chi connectivity index (χ0v) is 13.7. The van der Waals surface area contributed by atoms with Crippen LogP contribution in [0.4, 0.5) is 10.1 Å². The quantitative estimate of drug-likeness (QED) is 0.785. The van der Waals surface area contributed by atoms with E-state index < -0.39 is 0 Å². The summed E-state index contributed by atoms with van der Waals surface area (Å²) in [6.07, 6.45) is 1.92. The van der Waals surface area contributed by atoms with Crippen LogP contribution < -0.4 is 4.90 Å². The second-order valence-electron chi connectivity index (χ2n) is 6.63. The molecule has 0 saturated carbocycles. The van der Waals surface area contributed by atoms with E-state index in [1.54, 1.807) is 0 Å². The average Bonchev–Trinajstić information content (AvgIpc) is 2.39. The summed E-state index contributed by atoms with van der Waals surface area (Å²) in [5.41, 5.74) is 2.56. The van der Waals surface area contributed by atoms with Gasteiger partial charge in [0.15, 0.2) is 6.04 Å². The molecule has 3 nitrogen and oxygen atoms in total. The normalized spacial score (nSPS) is 20.0. The van der Waals surface area contributed by atoms with E-state index in [0.29, 0.717) is 4.48 Å². The zero-order chi connectivity index (χ0) is 15.8. The summed E-state index contributed by atoms with van der Waals surface area (Å²) >= 11 is 0. The molecule has 1 aliphatic rings.